The Hall–Kier alpha value is -1.70. The molecule has 0 unspecified atom stereocenters. The predicted molar refractivity (Wildman–Crippen MR) is 53.8 cm³/mol. The summed E-state index contributed by atoms with van der Waals surface area (Å²) in [5.74, 6) is 2.32. The number of nitrogens with zero attached hydrogens (tertiary/aromatic N) is 1. The normalized spacial score (nSPS) is 11.1. The minimum Gasteiger partial charge on any atom is -0.304 e. The summed E-state index contributed by atoms with van der Waals surface area (Å²) < 4.78 is 38.3. The summed E-state index contributed by atoms with van der Waals surface area (Å²) in [6.07, 6.45) is 1.17. The lowest BCUT2D eigenvalue weighted by molar-refractivity contribution is -0.144. The van der Waals surface area contributed by atoms with Gasteiger partial charge in [0, 0.05) is 19.0 Å². The topological polar surface area (TPSA) is 22.0 Å². The quantitative estimate of drug-likeness (QED) is 0.575. The van der Waals surface area contributed by atoms with Gasteiger partial charge in [-0.05, 0) is 12.5 Å². The molecule has 1 rings (SSSR count). The third-order valence-corrected chi connectivity index (χ3v) is 2.04. The van der Waals surface area contributed by atoms with Crippen molar-refractivity contribution < 1.29 is 13.2 Å². The van der Waals surface area contributed by atoms with Crippen molar-refractivity contribution in [2.45, 2.75) is 25.6 Å². The molecule has 0 aliphatic heterocycles. The molecule has 0 saturated heterocycles. The number of pyridine rings is 1. The molecule has 0 atom stereocenters. The lowest BCUT2D eigenvalue weighted by Crippen LogP contribution is -2.27. The van der Waals surface area contributed by atoms with Crippen LogP contribution in [0.3, 0.4) is 0 Å². The number of alkyl halides is 3. The standard InChI is InChI=1S/C11H10F3NO/c1-2-3-4-8-15-9(11(12,13)14)6-5-7-10(15)16/h1,5-7H,3-4,8H2. The molecule has 1 aromatic rings. The van der Waals surface area contributed by atoms with Crippen LogP contribution in [0, 0.1) is 12.3 Å². The van der Waals surface area contributed by atoms with Crippen molar-refractivity contribution in [1.82, 2.24) is 4.57 Å². The molecule has 2 nitrogen and oxygen atoms in total. The molecule has 0 fully saturated rings. The Morgan fingerprint density at radius 1 is 1.38 bits per heavy atom. The highest BCUT2D eigenvalue weighted by molar-refractivity contribution is 5.10. The van der Waals surface area contributed by atoms with E-state index in [1.165, 1.54) is 0 Å². The summed E-state index contributed by atoms with van der Waals surface area (Å²) in [4.78, 5) is 11.3. The fraction of sp³-hybridized carbons (Fsp3) is 0.364. The van der Waals surface area contributed by atoms with Crippen LogP contribution in [0.4, 0.5) is 13.2 Å². The van der Waals surface area contributed by atoms with E-state index < -0.39 is 17.4 Å². The minimum atomic E-state index is -4.52. The highest BCUT2D eigenvalue weighted by Crippen LogP contribution is 2.28. The largest absolute Gasteiger partial charge is 0.431 e. The van der Waals surface area contributed by atoms with Gasteiger partial charge in [-0.2, -0.15) is 13.2 Å². The van der Waals surface area contributed by atoms with Crippen molar-refractivity contribution in [1.29, 1.82) is 0 Å². The van der Waals surface area contributed by atoms with Gasteiger partial charge in [-0.15, -0.1) is 12.3 Å². The molecule has 16 heavy (non-hydrogen) atoms. The van der Waals surface area contributed by atoms with Gasteiger partial charge in [-0.3, -0.25) is 4.79 Å². The van der Waals surface area contributed by atoms with Gasteiger partial charge in [0.25, 0.3) is 5.56 Å². The van der Waals surface area contributed by atoms with Gasteiger partial charge >= 0.3 is 6.18 Å². The van der Waals surface area contributed by atoms with Crippen LogP contribution in [0.1, 0.15) is 18.5 Å². The van der Waals surface area contributed by atoms with Gasteiger partial charge < -0.3 is 4.57 Å². The van der Waals surface area contributed by atoms with Crippen LogP contribution in [-0.2, 0) is 12.7 Å². The van der Waals surface area contributed by atoms with Gasteiger partial charge in [0.2, 0.25) is 0 Å². The summed E-state index contributed by atoms with van der Waals surface area (Å²) in [5.41, 5.74) is -1.59. The van der Waals surface area contributed by atoms with Crippen molar-refractivity contribution in [2.24, 2.45) is 0 Å². The summed E-state index contributed by atoms with van der Waals surface area (Å²) in [7, 11) is 0. The van der Waals surface area contributed by atoms with Gasteiger partial charge in [0.05, 0.1) is 0 Å². The predicted octanol–water partition coefficient (Wildman–Crippen LogP) is 2.28. The zero-order chi connectivity index (χ0) is 12.2. The maximum atomic E-state index is 12.5. The van der Waals surface area contributed by atoms with Crippen LogP contribution in [-0.4, -0.2) is 4.57 Å². The Labute approximate surface area is 90.7 Å². The highest BCUT2D eigenvalue weighted by Gasteiger charge is 2.33. The minimum absolute atomic E-state index is 0.0152. The fourth-order valence-electron chi connectivity index (χ4n) is 1.34. The van der Waals surface area contributed by atoms with E-state index in [2.05, 4.69) is 5.92 Å². The van der Waals surface area contributed by atoms with Gasteiger partial charge in [-0.25, -0.2) is 0 Å². The summed E-state index contributed by atoms with van der Waals surface area (Å²) in [5, 5.41) is 0. The maximum Gasteiger partial charge on any atom is 0.431 e. The fourth-order valence-corrected chi connectivity index (χ4v) is 1.34. The van der Waals surface area contributed by atoms with Crippen molar-refractivity contribution in [3.05, 3.63) is 34.2 Å². The summed E-state index contributed by atoms with van der Waals surface area (Å²) in [6.45, 7) is -0.0152. The molecule has 5 heteroatoms. The molecule has 0 aromatic carbocycles. The lowest BCUT2D eigenvalue weighted by atomic mass is 10.2. The second kappa shape index (κ2) is 4.88. The summed E-state index contributed by atoms with van der Waals surface area (Å²) >= 11 is 0. The number of hydrogen-bond acceptors (Lipinski definition) is 1. The molecule has 0 amide bonds. The Morgan fingerprint density at radius 3 is 2.62 bits per heavy atom. The number of hydrogen-bond donors (Lipinski definition) is 0. The molecule has 0 N–H and O–H groups in total. The Kier molecular flexibility index (Phi) is 3.78. The molecule has 0 bridgehead atoms. The first kappa shape index (κ1) is 12.4. The van der Waals surface area contributed by atoms with Gasteiger partial charge in [0.1, 0.15) is 5.69 Å². The number of unbranched alkanes of at least 4 members (excludes halogenated alkanes) is 1. The molecule has 1 heterocycles. The van der Waals surface area contributed by atoms with Crippen LogP contribution in [0.2, 0.25) is 0 Å². The monoisotopic (exact) mass is 229 g/mol. The second-order valence-electron chi connectivity index (χ2n) is 3.21. The zero-order valence-electron chi connectivity index (χ0n) is 8.42. The van der Waals surface area contributed by atoms with E-state index in [0.717, 1.165) is 18.2 Å². The average Bonchev–Trinajstić information content (AvgIpc) is 2.19. The van der Waals surface area contributed by atoms with Crippen molar-refractivity contribution in [3.8, 4) is 12.3 Å². The van der Waals surface area contributed by atoms with E-state index in [4.69, 9.17) is 6.42 Å². The van der Waals surface area contributed by atoms with E-state index >= 15 is 0 Å². The molecule has 0 aliphatic carbocycles. The molecule has 0 saturated carbocycles. The molecule has 86 valence electrons. The van der Waals surface area contributed by atoms with E-state index in [1.807, 2.05) is 0 Å². The average molecular weight is 229 g/mol. The molecular weight excluding hydrogens is 219 g/mol. The van der Waals surface area contributed by atoms with Crippen LogP contribution >= 0.6 is 0 Å². The first-order valence-corrected chi connectivity index (χ1v) is 4.67. The third kappa shape index (κ3) is 2.89. The van der Waals surface area contributed by atoms with Crippen molar-refractivity contribution >= 4 is 0 Å². The number of terminal acetylenes is 1. The van der Waals surface area contributed by atoms with Crippen LogP contribution < -0.4 is 5.56 Å². The van der Waals surface area contributed by atoms with E-state index in [0.29, 0.717) is 17.4 Å². The highest BCUT2D eigenvalue weighted by atomic mass is 19.4. The number of aromatic nitrogens is 1. The molecule has 0 radical (unpaired) electrons. The third-order valence-electron chi connectivity index (χ3n) is 2.04. The van der Waals surface area contributed by atoms with Crippen LogP contribution in [0.15, 0.2) is 23.0 Å². The Balaban J connectivity index is 3.06. The van der Waals surface area contributed by atoms with Gasteiger partial charge in [0.15, 0.2) is 0 Å². The van der Waals surface area contributed by atoms with E-state index in [9.17, 15) is 18.0 Å². The van der Waals surface area contributed by atoms with Gasteiger partial charge in [-0.1, -0.05) is 6.07 Å². The molecule has 1 aromatic heterocycles. The summed E-state index contributed by atoms with van der Waals surface area (Å²) in [6, 6.07) is 3.09. The maximum absolute atomic E-state index is 12.5. The SMILES string of the molecule is C#CCCCn1c(C(F)(F)F)cccc1=O. The van der Waals surface area contributed by atoms with Crippen molar-refractivity contribution in [2.75, 3.05) is 0 Å². The molecule has 0 aliphatic rings. The first-order chi connectivity index (χ1) is 7.46. The van der Waals surface area contributed by atoms with Crippen LogP contribution in [0.5, 0.6) is 0 Å². The Morgan fingerprint density at radius 2 is 2.06 bits per heavy atom. The number of halogens is 3. The van der Waals surface area contributed by atoms with E-state index in [-0.39, 0.29) is 6.54 Å². The Bertz CT molecular complexity index is 454. The first-order valence-electron chi connectivity index (χ1n) is 4.67. The lowest BCUT2D eigenvalue weighted by Gasteiger charge is -2.14. The smallest absolute Gasteiger partial charge is 0.304 e. The molecular formula is C11H10F3NO. The second-order valence-corrected chi connectivity index (χ2v) is 3.21. The zero-order valence-corrected chi connectivity index (χ0v) is 8.42. The van der Waals surface area contributed by atoms with Crippen molar-refractivity contribution in [3.63, 3.8) is 0 Å². The molecule has 0 spiro atoms. The number of rotatable bonds is 3. The van der Waals surface area contributed by atoms with E-state index in [1.54, 1.807) is 0 Å². The van der Waals surface area contributed by atoms with Crippen LogP contribution in [0.25, 0.3) is 0 Å².